The third-order valence-corrected chi connectivity index (χ3v) is 7.75. The fraction of sp³-hybridized carbons (Fsp3) is 0.542. The van der Waals surface area contributed by atoms with Gasteiger partial charge in [-0.2, -0.15) is 18.2 Å². The number of pyridine rings is 1. The second-order valence-corrected chi connectivity index (χ2v) is 9.96. The van der Waals surface area contributed by atoms with Gasteiger partial charge >= 0.3 is 6.18 Å². The van der Waals surface area contributed by atoms with Crippen LogP contribution in [0.3, 0.4) is 0 Å². The summed E-state index contributed by atoms with van der Waals surface area (Å²) < 4.78 is 51.9. The summed E-state index contributed by atoms with van der Waals surface area (Å²) in [5.41, 5.74) is 1.71. The minimum Gasteiger partial charge on any atom is -0.481 e. The Balaban J connectivity index is 1.37. The molecule has 35 heavy (non-hydrogen) atoms. The molecule has 0 N–H and O–H groups in total. The van der Waals surface area contributed by atoms with Crippen LogP contribution in [0.15, 0.2) is 18.3 Å². The van der Waals surface area contributed by atoms with E-state index in [9.17, 15) is 13.2 Å². The topological polar surface area (TPSA) is 86.2 Å². The Morgan fingerprint density at radius 1 is 1.09 bits per heavy atom. The number of aromatic nitrogens is 5. The summed E-state index contributed by atoms with van der Waals surface area (Å²) in [6.07, 6.45) is -2.63. The van der Waals surface area contributed by atoms with Crippen molar-refractivity contribution in [2.45, 2.75) is 50.8 Å². The molecule has 0 unspecified atom stereocenters. The average Bonchev–Trinajstić information content (AvgIpc) is 2.77. The number of methoxy groups -OCH3 is 1. The van der Waals surface area contributed by atoms with E-state index in [1.54, 1.807) is 13.3 Å². The van der Waals surface area contributed by atoms with Gasteiger partial charge in [-0.1, -0.05) is 0 Å². The third kappa shape index (κ3) is 3.35. The van der Waals surface area contributed by atoms with Crippen molar-refractivity contribution in [3.05, 3.63) is 41.0 Å². The lowest BCUT2D eigenvalue weighted by molar-refractivity contribution is -0.337. The molecule has 1 saturated heterocycles. The zero-order chi connectivity index (χ0) is 24.6. The van der Waals surface area contributed by atoms with E-state index < -0.39 is 17.0 Å². The third-order valence-electron chi connectivity index (χ3n) is 7.75. The first-order chi connectivity index (χ1) is 16.6. The Morgan fingerprint density at radius 2 is 1.83 bits per heavy atom. The maximum absolute atomic E-state index is 13.6. The van der Waals surface area contributed by atoms with E-state index in [2.05, 4.69) is 15.0 Å². The number of anilines is 1. The van der Waals surface area contributed by atoms with E-state index >= 15 is 0 Å². The highest BCUT2D eigenvalue weighted by atomic mass is 19.4. The number of hydrogen-bond donors (Lipinski definition) is 0. The van der Waals surface area contributed by atoms with E-state index in [-0.39, 0.29) is 25.4 Å². The average molecular weight is 486 g/mol. The van der Waals surface area contributed by atoms with Gasteiger partial charge in [0.1, 0.15) is 11.6 Å². The van der Waals surface area contributed by atoms with Gasteiger partial charge in [-0.25, -0.2) is 19.9 Å². The van der Waals surface area contributed by atoms with Gasteiger partial charge in [0.2, 0.25) is 11.8 Å². The minimum atomic E-state index is -4.19. The maximum Gasteiger partial charge on any atom is 0.394 e. The molecule has 3 aromatic rings. The molecule has 1 atom stereocenters. The molecule has 4 fully saturated rings. The molecule has 11 heteroatoms. The van der Waals surface area contributed by atoms with E-state index in [1.165, 1.54) is 0 Å². The van der Waals surface area contributed by atoms with Crippen LogP contribution in [0.2, 0.25) is 0 Å². The molecule has 3 aliphatic carbocycles. The Bertz CT molecular complexity index is 1310. The number of fused-ring (bicyclic) bond motifs is 1. The number of alkyl halides is 3. The zero-order valence-electron chi connectivity index (χ0n) is 19.7. The van der Waals surface area contributed by atoms with Crippen molar-refractivity contribution in [1.29, 1.82) is 0 Å². The van der Waals surface area contributed by atoms with Gasteiger partial charge in [-0.15, -0.1) is 0 Å². The van der Waals surface area contributed by atoms with Gasteiger partial charge < -0.3 is 14.4 Å². The fourth-order valence-corrected chi connectivity index (χ4v) is 5.72. The van der Waals surface area contributed by atoms with Crippen LogP contribution < -0.4 is 9.64 Å². The van der Waals surface area contributed by atoms with Crippen molar-refractivity contribution in [2.24, 2.45) is 5.41 Å². The predicted octanol–water partition coefficient (Wildman–Crippen LogP) is 4.00. The summed E-state index contributed by atoms with van der Waals surface area (Å²) in [6, 6.07) is 3.70. The number of halogens is 3. The summed E-state index contributed by atoms with van der Waals surface area (Å²) in [7, 11) is 1.56. The normalized spacial score (nSPS) is 27.9. The molecule has 3 saturated carbocycles. The van der Waals surface area contributed by atoms with Crippen molar-refractivity contribution in [1.82, 2.24) is 24.9 Å². The maximum atomic E-state index is 13.6. The summed E-state index contributed by atoms with van der Waals surface area (Å²) in [4.78, 5) is 25.0. The first kappa shape index (κ1) is 22.4. The first-order valence-electron chi connectivity index (χ1n) is 11.6. The molecular formula is C24H25F3N6O2. The molecular weight excluding hydrogens is 461 g/mol. The summed E-state index contributed by atoms with van der Waals surface area (Å²) in [5, 5.41) is 0. The van der Waals surface area contributed by atoms with Crippen molar-refractivity contribution in [3.8, 4) is 5.88 Å². The molecule has 4 heterocycles. The van der Waals surface area contributed by atoms with Crippen LogP contribution in [-0.4, -0.2) is 57.9 Å². The minimum absolute atomic E-state index is 0.0478. The lowest BCUT2D eigenvalue weighted by Gasteiger charge is -2.70. The van der Waals surface area contributed by atoms with Crippen LogP contribution in [0, 0.1) is 19.3 Å². The Morgan fingerprint density at radius 3 is 2.54 bits per heavy atom. The fourth-order valence-electron chi connectivity index (χ4n) is 5.72. The smallest absolute Gasteiger partial charge is 0.394 e. The van der Waals surface area contributed by atoms with Gasteiger partial charge in [0.05, 0.1) is 42.8 Å². The van der Waals surface area contributed by atoms with E-state index in [0.29, 0.717) is 48.4 Å². The van der Waals surface area contributed by atoms with Gasteiger partial charge in [-0.3, -0.25) is 0 Å². The molecule has 0 aromatic carbocycles. The molecule has 2 bridgehead atoms. The predicted molar refractivity (Wildman–Crippen MR) is 120 cm³/mol. The van der Waals surface area contributed by atoms with E-state index in [4.69, 9.17) is 19.4 Å². The monoisotopic (exact) mass is 486 g/mol. The zero-order valence-corrected chi connectivity index (χ0v) is 19.7. The van der Waals surface area contributed by atoms with Gasteiger partial charge in [0.15, 0.2) is 5.65 Å². The highest BCUT2D eigenvalue weighted by molar-refractivity contribution is 5.77. The molecule has 0 spiro atoms. The number of nitrogens with zero attached hydrogens (tertiary/aromatic N) is 6. The van der Waals surface area contributed by atoms with Crippen molar-refractivity contribution >= 4 is 17.1 Å². The van der Waals surface area contributed by atoms with E-state index in [0.717, 1.165) is 17.0 Å². The van der Waals surface area contributed by atoms with Gasteiger partial charge in [0, 0.05) is 24.2 Å². The van der Waals surface area contributed by atoms with Crippen LogP contribution in [0.1, 0.15) is 48.0 Å². The molecule has 184 valence electrons. The van der Waals surface area contributed by atoms with Crippen LogP contribution in [0.4, 0.5) is 19.1 Å². The van der Waals surface area contributed by atoms with Crippen molar-refractivity contribution in [3.63, 3.8) is 0 Å². The standard InChI is InChI=1S/C24H25F3N6O2/c1-13-14(2)30-20-18(29-13)19(22-10-23(11-22,12-22)24(25,26)27)31-21(32-20)33-6-7-35-16(9-33)15-4-5-28-17(8-15)34-3/h4-5,8,16H,6-7,9-12H2,1-3H3/t16-,22-,23+/m1/s1. The lowest BCUT2D eigenvalue weighted by Crippen LogP contribution is -2.70. The second-order valence-electron chi connectivity index (χ2n) is 9.96. The second kappa shape index (κ2) is 7.46. The van der Waals surface area contributed by atoms with Crippen LogP contribution in [0.5, 0.6) is 5.88 Å². The molecule has 0 radical (unpaired) electrons. The molecule has 3 aromatic heterocycles. The number of hydrogen-bond acceptors (Lipinski definition) is 8. The van der Waals surface area contributed by atoms with E-state index in [1.807, 2.05) is 30.9 Å². The molecule has 1 aliphatic heterocycles. The molecule has 7 rings (SSSR count). The highest BCUT2D eigenvalue weighted by Crippen LogP contribution is 2.78. The highest BCUT2D eigenvalue weighted by Gasteiger charge is 2.79. The van der Waals surface area contributed by atoms with Crippen LogP contribution >= 0.6 is 0 Å². The number of aryl methyl sites for hydroxylation is 2. The largest absolute Gasteiger partial charge is 0.481 e. The molecule has 4 aliphatic rings. The van der Waals surface area contributed by atoms with Crippen molar-refractivity contribution < 1.29 is 22.6 Å². The van der Waals surface area contributed by atoms with Crippen LogP contribution in [-0.2, 0) is 10.2 Å². The number of morpholine rings is 1. The van der Waals surface area contributed by atoms with Crippen molar-refractivity contribution in [2.75, 3.05) is 31.7 Å². The SMILES string of the molecule is COc1cc([C@H]2CN(c3nc4nc(C)c(C)nc4c([C@]45C[C@](C(F)(F)F)(C4)C5)n3)CCO2)ccn1. The quantitative estimate of drug-likeness (QED) is 0.547. The van der Waals surface area contributed by atoms with Gasteiger partial charge in [-0.05, 0) is 44.7 Å². The number of ether oxygens (including phenoxy) is 2. The van der Waals surface area contributed by atoms with Gasteiger partial charge in [0.25, 0.3) is 0 Å². The summed E-state index contributed by atoms with van der Waals surface area (Å²) in [6.45, 7) is 5.18. The van der Waals surface area contributed by atoms with Crippen LogP contribution in [0.25, 0.3) is 11.2 Å². The molecule has 0 amide bonds. The first-order valence-corrected chi connectivity index (χ1v) is 11.6. The Labute approximate surface area is 199 Å². The summed E-state index contributed by atoms with van der Waals surface area (Å²) >= 11 is 0. The lowest BCUT2D eigenvalue weighted by atomic mass is 9.34. The molecule has 8 nitrogen and oxygen atoms in total. The Hall–Kier alpha value is -3.08. The number of rotatable bonds is 4. The summed E-state index contributed by atoms with van der Waals surface area (Å²) in [5.74, 6) is 0.945. The Kier molecular flexibility index (Phi) is 4.77.